The molecule has 2 saturated carbocycles. The molecule has 0 aromatic rings. The molecule has 0 radical (unpaired) electrons. The largest absolute Gasteiger partial charge is 0.425 e. The third kappa shape index (κ3) is 2.38. The van der Waals surface area contributed by atoms with E-state index in [4.69, 9.17) is 9.47 Å². The van der Waals surface area contributed by atoms with Crippen LogP contribution in [0.1, 0.15) is 32.6 Å². The Balaban J connectivity index is 1.28. The summed E-state index contributed by atoms with van der Waals surface area (Å²) in [7, 11) is 0. The molecule has 6 unspecified atom stereocenters. The number of ether oxygens (including phenoxy) is 2. The molecule has 4 aliphatic rings. The van der Waals surface area contributed by atoms with Crippen molar-refractivity contribution in [2.45, 2.75) is 38.9 Å². The molecule has 4 bridgehead atoms. The summed E-state index contributed by atoms with van der Waals surface area (Å²) in [6, 6.07) is 0. The second-order valence-corrected chi connectivity index (χ2v) is 7.21. The van der Waals surface area contributed by atoms with Gasteiger partial charge >= 0.3 is 11.9 Å². The van der Waals surface area contributed by atoms with Crippen molar-refractivity contribution in [2.24, 2.45) is 35.5 Å². The van der Waals surface area contributed by atoms with Crippen molar-refractivity contribution in [3.05, 3.63) is 24.3 Å². The SMILES string of the molecule is CC(OC(=O)C1CC2C=CC1C2)OC(=O)C1CC2C=CC1C2. The Morgan fingerprint density at radius 3 is 1.59 bits per heavy atom. The van der Waals surface area contributed by atoms with Crippen LogP contribution < -0.4 is 0 Å². The van der Waals surface area contributed by atoms with Gasteiger partial charge in [-0.15, -0.1) is 0 Å². The smallest absolute Gasteiger partial charge is 0.312 e. The molecule has 0 aliphatic heterocycles. The Labute approximate surface area is 130 Å². The molecule has 4 nitrogen and oxygen atoms in total. The maximum atomic E-state index is 12.2. The third-order valence-corrected chi connectivity index (χ3v) is 5.73. The summed E-state index contributed by atoms with van der Waals surface area (Å²) in [6.45, 7) is 1.64. The van der Waals surface area contributed by atoms with Crippen LogP contribution in [0.3, 0.4) is 0 Å². The molecular formula is C18H22O4. The molecule has 4 rings (SSSR count). The minimum Gasteiger partial charge on any atom is -0.425 e. The van der Waals surface area contributed by atoms with E-state index in [0.29, 0.717) is 23.7 Å². The first-order valence-corrected chi connectivity index (χ1v) is 8.38. The van der Waals surface area contributed by atoms with Crippen LogP contribution in [0, 0.1) is 35.5 Å². The quantitative estimate of drug-likeness (QED) is 0.455. The Morgan fingerprint density at radius 1 is 0.818 bits per heavy atom. The maximum absolute atomic E-state index is 12.2. The van der Waals surface area contributed by atoms with E-state index in [1.807, 2.05) is 0 Å². The first-order valence-electron chi connectivity index (χ1n) is 8.38. The number of esters is 2. The lowest BCUT2D eigenvalue weighted by atomic mass is 9.94. The van der Waals surface area contributed by atoms with Crippen molar-refractivity contribution < 1.29 is 19.1 Å². The zero-order valence-electron chi connectivity index (χ0n) is 12.8. The fourth-order valence-electron chi connectivity index (χ4n) is 4.63. The maximum Gasteiger partial charge on any atom is 0.312 e. The Morgan fingerprint density at radius 2 is 1.27 bits per heavy atom. The first-order chi connectivity index (χ1) is 10.6. The van der Waals surface area contributed by atoms with Crippen LogP contribution >= 0.6 is 0 Å². The van der Waals surface area contributed by atoms with Gasteiger partial charge in [0.2, 0.25) is 6.29 Å². The number of rotatable bonds is 4. The predicted molar refractivity (Wildman–Crippen MR) is 79.3 cm³/mol. The van der Waals surface area contributed by atoms with Gasteiger partial charge in [-0.05, 0) is 49.4 Å². The highest BCUT2D eigenvalue weighted by Gasteiger charge is 2.43. The van der Waals surface area contributed by atoms with E-state index < -0.39 is 6.29 Å². The predicted octanol–water partition coefficient (Wildman–Crippen LogP) is 2.84. The minimum absolute atomic E-state index is 0.0541. The average Bonchev–Trinajstić information content (AvgIpc) is 3.26. The second kappa shape index (κ2) is 5.25. The first kappa shape index (κ1) is 14.0. The van der Waals surface area contributed by atoms with E-state index in [1.54, 1.807) is 6.92 Å². The molecule has 0 heterocycles. The van der Waals surface area contributed by atoms with Crippen molar-refractivity contribution in [1.29, 1.82) is 0 Å². The lowest BCUT2D eigenvalue weighted by molar-refractivity contribution is -0.191. The zero-order chi connectivity index (χ0) is 15.3. The van der Waals surface area contributed by atoms with Crippen LogP contribution in [0.15, 0.2) is 24.3 Å². The lowest BCUT2D eigenvalue weighted by Crippen LogP contribution is -2.31. The molecule has 0 saturated heterocycles. The van der Waals surface area contributed by atoms with E-state index in [1.165, 1.54) is 0 Å². The highest BCUT2D eigenvalue weighted by molar-refractivity contribution is 5.76. The molecule has 22 heavy (non-hydrogen) atoms. The van der Waals surface area contributed by atoms with Gasteiger partial charge in [-0.25, -0.2) is 0 Å². The summed E-state index contributed by atoms with van der Waals surface area (Å²) in [4.78, 5) is 24.4. The monoisotopic (exact) mass is 302 g/mol. The van der Waals surface area contributed by atoms with Gasteiger partial charge in [0.15, 0.2) is 0 Å². The zero-order valence-corrected chi connectivity index (χ0v) is 12.8. The molecule has 4 aliphatic carbocycles. The normalized spacial score (nSPS) is 41.9. The molecule has 0 amide bonds. The van der Waals surface area contributed by atoms with Crippen LogP contribution in [-0.2, 0) is 19.1 Å². The van der Waals surface area contributed by atoms with Crippen LogP contribution in [0.5, 0.6) is 0 Å². The molecule has 0 spiro atoms. The molecule has 2 fully saturated rings. The van der Waals surface area contributed by atoms with E-state index in [0.717, 1.165) is 25.7 Å². The molecule has 0 aromatic heterocycles. The van der Waals surface area contributed by atoms with Gasteiger partial charge < -0.3 is 9.47 Å². The Bertz CT molecular complexity index is 501. The van der Waals surface area contributed by atoms with Gasteiger partial charge in [-0.1, -0.05) is 24.3 Å². The highest BCUT2D eigenvalue weighted by atomic mass is 16.7. The van der Waals surface area contributed by atoms with Gasteiger partial charge in [0.25, 0.3) is 0 Å². The van der Waals surface area contributed by atoms with Crippen molar-refractivity contribution in [1.82, 2.24) is 0 Å². The Hall–Kier alpha value is -1.58. The highest BCUT2D eigenvalue weighted by Crippen LogP contribution is 2.45. The summed E-state index contributed by atoms with van der Waals surface area (Å²) >= 11 is 0. The van der Waals surface area contributed by atoms with Crippen molar-refractivity contribution in [3.63, 3.8) is 0 Å². The fraction of sp³-hybridized carbons (Fsp3) is 0.667. The topological polar surface area (TPSA) is 52.6 Å². The van der Waals surface area contributed by atoms with E-state index in [-0.39, 0.29) is 23.8 Å². The molecule has 0 N–H and O–H groups in total. The van der Waals surface area contributed by atoms with Crippen LogP contribution in [0.2, 0.25) is 0 Å². The average molecular weight is 302 g/mol. The number of carbonyl (C=O) groups excluding carboxylic acids is 2. The summed E-state index contributed by atoms with van der Waals surface area (Å²) in [6.07, 6.45) is 11.7. The lowest BCUT2D eigenvalue weighted by Gasteiger charge is -2.22. The minimum atomic E-state index is -0.786. The van der Waals surface area contributed by atoms with E-state index in [2.05, 4.69) is 24.3 Å². The standard InChI is InChI=1S/C18H22O4/c1-10(21-17(19)15-8-11-2-4-13(15)6-11)22-18(20)16-9-12-3-5-14(16)7-12/h2-5,10-16H,6-9H2,1H3. The molecule has 118 valence electrons. The summed E-state index contributed by atoms with van der Waals surface area (Å²) in [5.74, 6) is 1.15. The second-order valence-electron chi connectivity index (χ2n) is 7.21. The molecule has 6 atom stereocenters. The number of hydrogen-bond acceptors (Lipinski definition) is 4. The van der Waals surface area contributed by atoms with Crippen LogP contribution in [-0.4, -0.2) is 18.2 Å². The van der Waals surface area contributed by atoms with Crippen molar-refractivity contribution in [3.8, 4) is 0 Å². The van der Waals surface area contributed by atoms with Crippen molar-refractivity contribution in [2.75, 3.05) is 0 Å². The van der Waals surface area contributed by atoms with E-state index in [9.17, 15) is 9.59 Å². The van der Waals surface area contributed by atoms with Crippen molar-refractivity contribution >= 4 is 11.9 Å². The molecule has 4 heteroatoms. The summed E-state index contributed by atoms with van der Waals surface area (Å²) in [5.41, 5.74) is 0. The summed E-state index contributed by atoms with van der Waals surface area (Å²) in [5, 5.41) is 0. The van der Waals surface area contributed by atoms with E-state index >= 15 is 0 Å². The van der Waals surface area contributed by atoms with Crippen LogP contribution in [0.25, 0.3) is 0 Å². The van der Waals surface area contributed by atoms with Gasteiger partial charge in [0, 0.05) is 6.92 Å². The number of fused-ring (bicyclic) bond motifs is 4. The third-order valence-electron chi connectivity index (χ3n) is 5.73. The van der Waals surface area contributed by atoms with Gasteiger partial charge in [-0.3, -0.25) is 9.59 Å². The summed E-state index contributed by atoms with van der Waals surface area (Å²) < 4.78 is 10.7. The van der Waals surface area contributed by atoms with Gasteiger partial charge in [0.1, 0.15) is 0 Å². The van der Waals surface area contributed by atoms with Gasteiger partial charge in [-0.2, -0.15) is 0 Å². The van der Waals surface area contributed by atoms with Gasteiger partial charge in [0.05, 0.1) is 11.8 Å². The number of allylic oxidation sites excluding steroid dienone is 4. The number of carbonyl (C=O) groups is 2. The molecular weight excluding hydrogens is 280 g/mol. The fourth-order valence-corrected chi connectivity index (χ4v) is 4.63. The number of hydrogen-bond donors (Lipinski definition) is 0. The Kier molecular flexibility index (Phi) is 3.35. The molecule has 0 aromatic carbocycles. The van der Waals surface area contributed by atoms with Crippen LogP contribution in [0.4, 0.5) is 0 Å².